The molecule has 0 aromatic carbocycles. The summed E-state index contributed by atoms with van der Waals surface area (Å²) in [7, 11) is -3.83. The van der Waals surface area contributed by atoms with Crippen LogP contribution in [0.4, 0.5) is 0 Å². The average Bonchev–Trinajstić information content (AvgIpc) is 2.42. The molecule has 0 saturated heterocycles. The summed E-state index contributed by atoms with van der Waals surface area (Å²) in [6.45, 7) is 8.30. The second-order valence-electron chi connectivity index (χ2n) is 5.38. The van der Waals surface area contributed by atoms with Crippen molar-refractivity contribution in [3.8, 4) is 0 Å². The standard InChI is InChI=1S/C8H16O4S.C7H12O3/c1-7(8(2)9)5-3-4-6-13(10,11)12;1-4-10-7(9)5(2)6(3)8/h7H,3-6H2,1-2H3,(H,10,11,12);5H,4H2,1-3H3. The van der Waals surface area contributed by atoms with Crippen molar-refractivity contribution in [1.29, 1.82) is 0 Å². The molecule has 2 unspecified atom stereocenters. The van der Waals surface area contributed by atoms with Crippen LogP contribution < -0.4 is 0 Å². The highest BCUT2D eigenvalue weighted by molar-refractivity contribution is 7.85. The van der Waals surface area contributed by atoms with Gasteiger partial charge in [0.05, 0.1) is 12.4 Å². The summed E-state index contributed by atoms with van der Waals surface area (Å²) in [6.07, 6.45) is 1.75. The van der Waals surface area contributed by atoms with Crippen LogP contribution in [0.2, 0.25) is 0 Å². The molecular formula is C15H28O7S. The Kier molecular flexibility index (Phi) is 12.7. The monoisotopic (exact) mass is 352 g/mol. The highest BCUT2D eigenvalue weighted by Crippen LogP contribution is 2.09. The molecule has 0 amide bonds. The largest absolute Gasteiger partial charge is 0.465 e. The second-order valence-corrected chi connectivity index (χ2v) is 6.95. The molecule has 0 aliphatic rings. The first-order chi connectivity index (χ1) is 10.4. The molecule has 8 heteroatoms. The minimum absolute atomic E-state index is 0.0126. The Bertz CT molecular complexity index is 482. The summed E-state index contributed by atoms with van der Waals surface area (Å²) in [4.78, 5) is 32.1. The van der Waals surface area contributed by atoms with Crippen LogP contribution in [-0.2, 0) is 29.2 Å². The van der Waals surface area contributed by atoms with Crippen LogP contribution in [0.3, 0.4) is 0 Å². The first-order valence-corrected chi connectivity index (χ1v) is 9.16. The molecule has 0 aliphatic heterocycles. The predicted molar refractivity (Wildman–Crippen MR) is 86.6 cm³/mol. The van der Waals surface area contributed by atoms with E-state index < -0.39 is 22.0 Å². The summed E-state index contributed by atoms with van der Waals surface area (Å²) in [5.41, 5.74) is 0. The van der Waals surface area contributed by atoms with Crippen LogP contribution >= 0.6 is 0 Å². The Hall–Kier alpha value is -1.28. The normalized spacial score (nSPS) is 13.3. The zero-order valence-corrected chi connectivity index (χ0v) is 15.3. The molecule has 136 valence electrons. The molecule has 0 saturated carbocycles. The molecule has 0 aliphatic carbocycles. The van der Waals surface area contributed by atoms with Gasteiger partial charge >= 0.3 is 5.97 Å². The zero-order chi connectivity index (χ0) is 18.6. The number of carbonyl (C=O) groups excluding carboxylic acids is 3. The SMILES string of the molecule is CC(=O)C(C)CCCCS(=O)(=O)O.CCOC(=O)C(C)C(C)=O. The smallest absolute Gasteiger partial charge is 0.316 e. The minimum Gasteiger partial charge on any atom is -0.465 e. The van der Waals surface area contributed by atoms with Crippen molar-refractivity contribution >= 4 is 27.7 Å². The van der Waals surface area contributed by atoms with Crippen molar-refractivity contribution in [3.05, 3.63) is 0 Å². The number of ketones is 2. The quantitative estimate of drug-likeness (QED) is 0.292. The third kappa shape index (κ3) is 15.4. The first-order valence-electron chi connectivity index (χ1n) is 7.55. The molecule has 2 atom stereocenters. The van der Waals surface area contributed by atoms with E-state index in [0.29, 0.717) is 25.9 Å². The summed E-state index contributed by atoms with van der Waals surface area (Å²) < 4.78 is 33.6. The number of hydrogen-bond acceptors (Lipinski definition) is 6. The van der Waals surface area contributed by atoms with Gasteiger partial charge in [0.2, 0.25) is 0 Å². The van der Waals surface area contributed by atoms with E-state index in [0.717, 1.165) is 0 Å². The number of ether oxygens (including phenoxy) is 1. The lowest BCUT2D eigenvalue weighted by molar-refractivity contribution is -0.150. The first kappa shape index (κ1) is 24.0. The van der Waals surface area contributed by atoms with E-state index in [4.69, 9.17) is 4.55 Å². The maximum Gasteiger partial charge on any atom is 0.316 e. The number of carbonyl (C=O) groups is 3. The van der Waals surface area contributed by atoms with Gasteiger partial charge in [-0.3, -0.25) is 18.9 Å². The van der Waals surface area contributed by atoms with Crippen LogP contribution in [0.1, 0.15) is 53.9 Å². The Morgan fingerprint density at radius 1 is 1.04 bits per heavy atom. The summed E-state index contributed by atoms with van der Waals surface area (Å²) in [5.74, 6) is -1.31. The molecule has 0 aromatic rings. The van der Waals surface area contributed by atoms with E-state index in [9.17, 15) is 22.8 Å². The van der Waals surface area contributed by atoms with Gasteiger partial charge in [-0.05, 0) is 40.5 Å². The van der Waals surface area contributed by atoms with Gasteiger partial charge in [0.1, 0.15) is 17.5 Å². The lowest BCUT2D eigenvalue weighted by Gasteiger charge is -2.05. The van der Waals surface area contributed by atoms with Gasteiger partial charge in [0.25, 0.3) is 10.1 Å². The van der Waals surface area contributed by atoms with Gasteiger partial charge in [0.15, 0.2) is 0 Å². The summed E-state index contributed by atoms with van der Waals surface area (Å²) >= 11 is 0. The van der Waals surface area contributed by atoms with Crippen LogP contribution in [0.25, 0.3) is 0 Å². The minimum atomic E-state index is -3.83. The highest BCUT2D eigenvalue weighted by Gasteiger charge is 2.17. The molecular weight excluding hydrogens is 324 g/mol. The van der Waals surface area contributed by atoms with Crippen molar-refractivity contribution in [3.63, 3.8) is 0 Å². The number of esters is 1. The molecule has 0 rings (SSSR count). The summed E-state index contributed by atoms with van der Waals surface area (Å²) in [6, 6.07) is 0. The van der Waals surface area contributed by atoms with Gasteiger partial charge in [-0.15, -0.1) is 0 Å². The van der Waals surface area contributed by atoms with Gasteiger partial charge in [0, 0.05) is 5.92 Å². The van der Waals surface area contributed by atoms with Crippen molar-refractivity contribution in [2.45, 2.75) is 53.9 Å². The second kappa shape index (κ2) is 12.2. The van der Waals surface area contributed by atoms with E-state index in [-0.39, 0.29) is 23.2 Å². The third-order valence-corrected chi connectivity index (χ3v) is 4.04. The third-order valence-electron chi connectivity index (χ3n) is 3.23. The Balaban J connectivity index is 0. The fourth-order valence-electron chi connectivity index (χ4n) is 1.37. The zero-order valence-electron chi connectivity index (χ0n) is 14.5. The number of Topliss-reactive ketones (excluding diaryl/α,β-unsaturated/α-hetero) is 2. The van der Waals surface area contributed by atoms with E-state index in [1.807, 2.05) is 6.92 Å². The van der Waals surface area contributed by atoms with Crippen LogP contribution in [0.15, 0.2) is 0 Å². The lowest BCUT2D eigenvalue weighted by atomic mass is 10.0. The fourth-order valence-corrected chi connectivity index (χ4v) is 1.94. The number of hydrogen-bond donors (Lipinski definition) is 1. The topological polar surface area (TPSA) is 115 Å². The van der Waals surface area contributed by atoms with E-state index in [1.165, 1.54) is 13.8 Å². The molecule has 7 nitrogen and oxygen atoms in total. The molecule has 0 heterocycles. The lowest BCUT2D eigenvalue weighted by Crippen LogP contribution is -2.20. The van der Waals surface area contributed by atoms with Crippen molar-refractivity contribution in [2.24, 2.45) is 11.8 Å². The maximum absolute atomic E-state index is 10.8. The Labute approximate surface area is 138 Å². The number of unbranched alkanes of at least 4 members (excludes halogenated alkanes) is 1. The summed E-state index contributed by atoms with van der Waals surface area (Å²) in [5, 5.41) is 0. The van der Waals surface area contributed by atoms with Gasteiger partial charge in [-0.2, -0.15) is 8.42 Å². The molecule has 0 bridgehead atoms. The molecule has 0 fully saturated rings. The predicted octanol–water partition coefficient (Wildman–Crippen LogP) is 2.04. The Morgan fingerprint density at radius 3 is 1.91 bits per heavy atom. The molecule has 0 aromatic heterocycles. The molecule has 23 heavy (non-hydrogen) atoms. The van der Waals surface area contributed by atoms with Crippen molar-refractivity contribution in [1.82, 2.24) is 0 Å². The molecule has 0 radical (unpaired) electrons. The van der Waals surface area contributed by atoms with E-state index in [2.05, 4.69) is 4.74 Å². The Morgan fingerprint density at radius 2 is 1.57 bits per heavy atom. The van der Waals surface area contributed by atoms with E-state index in [1.54, 1.807) is 13.8 Å². The highest BCUT2D eigenvalue weighted by atomic mass is 32.2. The van der Waals surface area contributed by atoms with Gasteiger partial charge in [-0.1, -0.05) is 13.3 Å². The average molecular weight is 352 g/mol. The molecule has 1 N–H and O–H groups in total. The van der Waals surface area contributed by atoms with Crippen molar-refractivity contribution < 1.29 is 32.1 Å². The van der Waals surface area contributed by atoms with Crippen LogP contribution in [-0.4, -0.2) is 42.9 Å². The van der Waals surface area contributed by atoms with Crippen LogP contribution in [0, 0.1) is 11.8 Å². The van der Waals surface area contributed by atoms with Gasteiger partial charge < -0.3 is 4.74 Å². The molecule has 0 spiro atoms. The van der Waals surface area contributed by atoms with E-state index >= 15 is 0 Å². The maximum atomic E-state index is 10.8. The number of rotatable bonds is 9. The van der Waals surface area contributed by atoms with Crippen molar-refractivity contribution in [2.75, 3.05) is 12.4 Å². The van der Waals surface area contributed by atoms with Crippen LogP contribution in [0.5, 0.6) is 0 Å². The fraction of sp³-hybridized carbons (Fsp3) is 0.800. The van der Waals surface area contributed by atoms with Gasteiger partial charge in [-0.25, -0.2) is 0 Å².